The van der Waals surface area contributed by atoms with Crippen LogP contribution in [0.25, 0.3) is 0 Å². The molecule has 4 amide bonds. The summed E-state index contributed by atoms with van der Waals surface area (Å²) >= 11 is 0. The van der Waals surface area contributed by atoms with E-state index in [1.807, 2.05) is 38.1 Å². The lowest BCUT2D eigenvalue weighted by molar-refractivity contribution is -0.139. The molecule has 0 aliphatic carbocycles. The van der Waals surface area contributed by atoms with Crippen molar-refractivity contribution in [3.63, 3.8) is 0 Å². The van der Waals surface area contributed by atoms with Crippen LogP contribution in [0.3, 0.4) is 0 Å². The number of rotatable bonds is 7. The number of nitrogens with zero attached hydrogens (tertiary/aromatic N) is 1. The van der Waals surface area contributed by atoms with Gasteiger partial charge in [0.05, 0.1) is 13.0 Å². The highest BCUT2D eigenvalue weighted by Gasteiger charge is 2.52. The van der Waals surface area contributed by atoms with Crippen molar-refractivity contribution in [1.82, 2.24) is 15.8 Å². The number of hydrogen-bond acceptors (Lipinski definition) is 4. The first-order valence-corrected chi connectivity index (χ1v) is 9.17. The monoisotopic (exact) mass is 381 g/mol. The van der Waals surface area contributed by atoms with Crippen LogP contribution in [0.2, 0.25) is 0 Å². The molecule has 1 fully saturated rings. The van der Waals surface area contributed by atoms with E-state index in [1.165, 1.54) is 0 Å². The maximum atomic E-state index is 12.9. The Hall–Kier alpha value is -3.35. The van der Waals surface area contributed by atoms with Gasteiger partial charge in [-0.25, -0.2) is 4.79 Å². The highest BCUT2D eigenvalue weighted by atomic mass is 16.5. The molecule has 7 heteroatoms. The predicted molar refractivity (Wildman–Crippen MR) is 103 cm³/mol. The minimum Gasteiger partial charge on any atom is -0.493 e. The molecule has 1 aliphatic heterocycles. The molecule has 1 aliphatic rings. The second-order valence-corrected chi connectivity index (χ2v) is 6.65. The Bertz CT molecular complexity index is 884. The largest absolute Gasteiger partial charge is 0.493 e. The van der Waals surface area contributed by atoms with Gasteiger partial charge in [-0.05, 0) is 36.6 Å². The predicted octanol–water partition coefficient (Wildman–Crippen LogP) is 2.65. The molecule has 2 N–H and O–H groups in total. The number of ether oxygens (including phenoxy) is 1. The highest BCUT2D eigenvalue weighted by Crippen LogP contribution is 2.31. The van der Waals surface area contributed by atoms with Gasteiger partial charge in [-0.15, -0.1) is 0 Å². The van der Waals surface area contributed by atoms with Crippen molar-refractivity contribution in [1.29, 1.82) is 0 Å². The number of benzene rings is 2. The van der Waals surface area contributed by atoms with Crippen LogP contribution in [0, 0.1) is 6.92 Å². The SMILES string of the molecule is CC[C@@]1(c2ccccc2)NC(=O)N(NC(=O)CCOc2cccc(C)c2)C1=O. The Labute approximate surface area is 163 Å². The Balaban J connectivity index is 1.61. The molecule has 2 aromatic carbocycles. The van der Waals surface area contributed by atoms with Gasteiger partial charge in [0.2, 0.25) is 5.91 Å². The molecule has 0 aromatic heterocycles. The molecule has 1 heterocycles. The van der Waals surface area contributed by atoms with E-state index < -0.39 is 23.4 Å². The van der Waals surface area contributed by atoms with Crippen LogP contribution in [0.15, 0.2) is 54.6 Å². The molecular formula is C21H23N3O4. The number of imide groups is 1. The number of carbonyl (C=O) groups excluding carboxylic acids is 3. The summed E-state index contributed by atoms with van der Waals surface area (Å²) in [5.41, 5.74) is 2.94. The molecule has 146 valence electrons. The van der Waals surface area contributed by atoms with Crippen LogP contribution in [0.5, 0.6) is 5.75 Å². The molecule has 1 saturated heterocycles. The molecule has 0 radical (unpaired) electrons. The van der Waals surface area contributed by atoms with Gasteiger partial charge < -0.3 is 10.1 Å². The fourth-order valence-corrected chi connectivity index (χ4v) is 3.19. The molecular weight excluding hydrogens is 358 g/mol. The van der Waals surface area contributed by atoms with Crippen molar-refractivity contribution in [2.75, 3.05) is 6.61 Å². The number of urea groups is 1. The van der Waals surface area contributed by atoms with E-state index in [0.29, 0.717) is 17.7 Å². The van der Waals surface area contributed by atoms with Gasteiger partial charge in [-0.1, -0.05) is 49.4 Å². The second kappa shape index (κ2) is 8.12. The standard InChI is InChI=1S/C21H23N3O4/c1-3-21(16-9-5-4-6-10-16)19(26)24(20(27)22-21)23-18(25)12-13-28-17-11-7-8-15(2)14-17/h4-11,14H,3,12-13H2,1-2H3,(H,22,27)(H,23,25)/t21-/m0/s1. The normalized spacial score (nSPS) is 18.7. The van der Waals surface area contributed by atoms with E-state index in [9.17, 15) is 14.4 Å². The fraction of sp³-hybridized carbons (Fsp3) is 0.286. The number of amides is 4. The van der Waals surface area contributed by atoms with Crippen molar-refractivity contribution >= 4 is 17.8 Å². The molecule has 0 bridgehead atoms. The molecule has 1 atom stereocenters. The zero-order chi connectivity index (χ0) is 20.1. The van der Waals surface area contributed by atoms with Crippen LogP contribution in [0.4, 0.5) is 4.79 Å². The number of hydrogen-bond donors (Lipinski definition) is 2. The van der Waals surface area contributed by atoms with Crippen LogP contribution in [-0.2, 0) is 15.1 Å². The quantitative estimate of drug-likeness (QED) is 0.722. The average Bonchev–Trinajstić information content (AvgIpc) is 2.94. The summed E-state index contributed by atoms with van der Waals surface area (Å²) in [6.07, 6.45) is 0.375. The van der Waals surface area contributed by atoms with Crippen LogP contribution in [0.1, 0.15) is 30.9 Å². The lowest BCUT2D eigenvalue weighted by atomic mass is 9.87. The van der Waals surface area contributed by atoms with Gasteiger partial charge in [0, 0.05) is 0 Å². The Morgan fingerprint density at radius 3 is 2.57 bits per heavy atom. The van der Waals surface area contributed by atoms with E-state index in [1.54, 1.807) is 30.3 Å². The summed E-state index contributed by atoms with van der Waals surface area (Å²) in [6.45, 7) is 3.90. The Morgan fingerprint density at radius 1 is 1.14 bits per heavy atom. The van der Waals surface area contributed by atoms with Crippen LogP contribution in [-0.4, -0.2) is 29.5 Å². The fourth-order valence-electron chi connectivity index (χ4n) is 3.19. The van der Waals surface area contributed by atoms with E-state index >= 15 is 0 Å². The third kappa shape index (κ3) is 3.83. The molecule has 28 heavy (non-hydrogen) atoms. The topological polar surface area (TPSA) is 87.7 Å². The third-order valence-corrected chi connectivity index (χ3v) is 4.71. The molecule has 3 rings (SSSR count). The van der Waals surface area contributed by atoms with Crippen molar-refractivity contribution < 1.29 is 19.1 Å². The summed E-state index contributed by atoms with van der Waals surface area (Å²) in [7, 11) is 0. The summed E-state index contributed by atoms with van der Waals surface area (Å²) in [5.74, 6) is -0.313. The van der Waals surface area contributed by atoms with Crippen molar-refractivity contribution in [3.8, 4) is 5.75 Å². The maximum Gasteiger partial charge on any atom is 0.344 e. The first kappa shape index (κ1) is 19.4. The van der Waals surface area contributed by atoms with Gasteiger partial charge in [-0.2, -0.15) is 5.01 Å². The zero-order valence-corrected chi connectivity index (χ0v) is 15.9. The van der Waals surface area contributed by atoms with Crippen LogP contribution < -0.4 is 15.5 Å². The smallest absolute Gasteiger partial charge is 0.344 e. The van der Waals surface area contributed by atoms with Crippen molar-refractivity contribution in [2.45, 2.75) is 32.2 Å². The number of aryl methyl sites for hydroxylation is 1. The number of nitrogens with one attached hydrogen (secondary N) is 2. The van der Waals surface area contributed by atoms with E-state index in [4.69, 9.17) is 4.74 Å². The molecule has 0 spiro atoms. The van der Waals surface area contributed by atoms with E-state index in [2.05, 4.69) is 10.7 Å². The minimum absolute atomic E-state index is 0.00939. The highest BCUT2D eigenvalue weighted by molar-refractivity contribution is 6.08. The summed E-state index contributed by atoms with van der Waals surface area (Å²) in [6, 6.07) is 15.8. The number of hydrazine groups is 1. The summed E-state index contributed by atoms with van der Waals surface area (Å²) in [5, 5.41) is 3.47. The van der Waals surface area contributed by atoms with Gasteiger partial charge in [-0.3, -0.25) is 15.0 Å². The van der Waals surface area contributed by atoms with Gasteiger partial charge >= 0.3 is 6.03 Å². The average molecular weight is 381 g/mol. The Kier molecular flexibility index (Phi) is 5.63. The first-order chi connectivity index (χ1) is 13.5. The molecule has 0 unspecified atom stereocenters. The van der Waals surface area contributed by atoms with Crippen LogP contribution >= 0.6 is 0 Å². The molecule has 2 aromatic rings. The lowest BCUT2D eigenvalue weighted by Crippen LogP contribution is -2.48. The van der Waals surface area contributed by atoms with Crippen molar-refractivity contribution in [2.24, 2.45) is 0 Å². The molecule has 7 nitrogen and oxygen atoms in total. The van der Waals surface area contributed by atoms with Gasteiger partial charge in [0.15, 0.2) is 0 Å². The van der Waals surface area contributed by atoms with E-state index in [0.717, 1.165) is 10.6 Å². The minimum atomic E-state index is -1.18. The summed E-state index contributed by atoms with van der Waals surface area (Å²) < 4.78 is 5.54. The van der Waals surface area contributed by atoms with Gasteiger partial charge in [0.25, 0.3) is 5.91 Å². The molecule has 0 saturated carbocycles. The number of carbonyl (C=O) groups is 3. The summed E-state index contributed by atoms with van der Waals surface area (Å²) in [4.78, 5) is 37.5. The Morgan fingerprint density at radius 2 is 1.89 bits per heavy atom. The zero-order valence-electron chi connectivity index (χ0n) is 15.9. The van der Waals surface area contributed by atoms with Gasteiger partial charge in [0.1, 0.15) is 11.3 Å². The maximum absolute atomic E-state index is 12.9. The van der Waals surface area contributed by atoms with Crippen molar-refractivity contribution in [3.05, 3.63) is 65.7 Å². The van der Waals surface area contributed by atoms with E-state index in [-0.39, 0.29) is 13.0 Å². The lowest BCUT2D eigenvalue weighted by Gasteiger charge is -2.25. The first-order valence-electron chi connectivity index (χ1n) is 9.17. The third-order valence-electron chi connectivity index (χ3n) is 4.71. The second-order valence-electron chi connectivity index (χ2n) is 6.65.